The summed E-state index contributed by atoms with van der Waals surface area (Å²) in [6, 6.07) is 23.4. The largest absolute Gasteiger partial charge is 0.301 e. The minimum atomic E-state index is -0.514. The van der Waals surface area contributed by atoms with Gasteiger partial charge in [0, 0.05) is 11.8 Å². The number of benzene rings is 3. The molecule has 30 heavy (non-hydrogen) atoms. The van der Waals surface area contributed by atoms with Gasteiger partial charge in [-0.2, -0.15) is 0 Å². The third-order valence-electron chi connectivity index (χ3n) is 6.99. The predicted octanol–water partition coefficient (Wildman–Crippen LogP) is 6.23. The SMILES string of the molecule is Cc1cccc2sc(NC(=O)C3(C)CC4c5ccccc5C3c3ccccc34)nc12. The van der Waals surface area contributed by atoms with Crippen LogP contribution in [0.3, 0.4) is 0 Å². The summed E-state index contributed by atoms with van der Waals surface area (Å²) >= 11 is 1.55. The van der Waals surface area contributed by atoms with Crippen LogP contribution in [0.15, 0.2) is 66.7 Å². The molecule has 3 nitrogen and oxygen atoms in total. The Labute approximate surface area is 179 Å². The molecule has 2 bridgehead atoms. The van der Waals surface area contributed by atoms with Crippen LogP contribution in [0.4, 0.5) is 5.13 Å². The van der Waals surface area contributed by atoms with Gasteiger partial charge in [-0.15, -0.1) is 0 Å². The maximum atomic E-state index is 13.7. The first kappa shape index (κ1) is 17.8. The highest BCUT2D eigenvalue weighted by atomic mass is 32.1. The van der Waals surface area contributed by atoms with Crippen molar-refractivity contribution in [1.82, 2.24) is 4.98 Å². The summed E-state index contributed by atoms with van der Waals surface area (Å²) in [5, 5.41) is 3.87. The third-order valence-corrected chi connectivity index (χ3v) is 7.93. The van der Waals surface area contributed by atoms with Crippen LogP contribution >= 0.6 is 11.3 Å². The molecule has 0 fully saturated rings. The zero-order valence-corrected chi connectivity index (χ0v) is 17.8. The molecular formula is C26H22N2OS. The highest BCUT2D eigenvalue weighted by Crippen LogP contribution is 2.61. The van der Waals surface area contributed by atoms with E-state index in [0.717, 1.165) is 22.2 Å². The van der Waals surface area contributed by atoms with Gasteiger partial charge in [0.15, 0.2) is 5.13 Å². The summed E-state index contributed by atoms with van der Waals surface area (Å²) in [5.74, 6) is 0.389. The molecule has 148 valence electrons. The van der Waals surface area contributed by atoms with Crippen LogP contribution in [0.5, 0.6) is 0 Å². The number of carbonyl (C=O) groups excluding carboxylic acids is 1. The molecule has 1 N–H and O–H groups in total. The zero-order valence-electron chi connectivity index (χ0n) is 17.0. The summed E-state index contributed by atoms with van der Waals surface area (Å²) in [7, 11) is 0. The molecule has 0 saturated heterocycles. The number of amides is 1. The van der Waals surface area contributed by atoms with Gasteiger partial charge >= 0.3 is 0 Å². The minimum absolute atomic E-state index is 0.0611. The fraction of sp³-hybridized carbons (Fsp3) is 0.231. The van der Waals surface area contributed by atoms with Gasteiger partial charge in [0.25, 0.3) is 0 Å². The first-order valence-electron chi connectivity index (χ1n) is 10.4. The third kappa shape index (κ3) is 2.37. The first-order chi connectivity index (χ1) is 14.6. The summed E-state index contributed by atoms with van der Waals surface area (Å²) in [4.78, 5) is 18.4. The van der Waals surface area contributed by atoms with Crippen LogP contribution in [-0.2, 0) is 4.79 Å². The lowest BCUT2D eigenvalue weighted by Crippen LogP contribution is -2.47. The van der Waals surface area contributed by atoms with E-state index in [1.54, 1.807) is 11.3 Å². The Morgan fingerprint density at radius 2 is 1.60 bits per heavy atom. The number of rotatable bonds is 2. The van der Waals surface area contributed by atoms with Crippen molar-refractivity contribution in [1.29, 1.82) is 0 Å². The molecule has 4 aromatic rings. The van der Waals surface area contributed by atoms with Crippen LogP contribution in [0.25, 0.3) is 10.2 Å². The van der Waals surface area contributed by atoms with E-state index in [1.165, 1.54) is 22.3 Å². The van der Waals surface area contributed by atoms with Crippen LogP contribution in [0, 0.1) is 12.3 Å². The zero-order chi connectivity index (χ0) is 20.5. The topological polar surface area (TPSA) is 42.0 Å². The summed E-state index contributed by atoms with van der Waals surface area (Å²) in [5.41, 5.74) is 6.94. The predicted molar refractivity (Wildman–Crippen MR) is 122 cm³/mol. The molecule has 1 heterocycles. The Morgan fingerprint density at radius 3 is 2.23 bits per heavy atom. The van der Waals surface area contributed by atoms with Gasteiger partial charge in [0.2, 0.25) is 5.91 Å². The highest BCUT2D eigenvalue weighted by Gasteiger charge is 2.53. The van der Waals surface area contributed by atoms with E-state index >= 15 is 0 Å². The monoisotopic (exact) mass is 410 g/mol. The standard InChI is InChI=1S/C26H22N2OS/c1-15-8-7-13-21-23(15)27-25(30-21)28-24(29)26(2)14-20-16-9-3-5-11-18(16)22(26)19-12-6-4-10-17(19)20/h3-13,20,22H,14H2,1-2H3,(H,27,28,29). The number of nitrogens with zero attached hydrogens (tertiary/aromatic N) is 1. The van der Waals surface area contributed by atoms with Crippen molar-refractivity contribution in [2.75, 3.05) is 5.32 Å². The van der Waals surface area contributed by atoms with Gasteiger partial charge in [-0.25, -0.2) is 4.98 Å². The number of para-hydroxylation sites is 1. The van der Waals surface area contributed by atoms with Crippen LogP contribution in [0.2, 0.25) is 0 Å². The maximum absolute atomic E-state index is 13.7. The average molecular weight is 411 g/mol. The lowest BCUT2D eigenvalue weighted by atomic mass is 9.52. The second-order valence-electron chi connectivity index (χ2n) is 8.76. The quantitative estimate of drug-likeness (QED) is 0.426. The molecule has 0 radical (unpaired) electrons. The smallest absolute Gasteiger partial charge is 0.233 e. The Hall–Kier alpha value is -2.98. The maximum Gasteiger partial charge on any atom is 0.233 e. The van der Waals surface area contributed by atoms with E-state index in [4.69, 9.17) is 4.98 Å². The van der Waals surface area contributed by atoms with Gasteiger partial charge in [-0.05, 0) is 54.2 Å². The van der Waals surface area contributed by atoms with E-state index in [9.17, 15) is 4.79 Å². The van der Waals surface area contributed by atoms with Crippen molar-refractivity contribution in [2.45, 2.75) is 32.1 Å². The number of hydrogen-bond acceptors (Lipinski definition) is 3. The Bertz CT molecular complexity index is 1280. The number of carbonyl (C=O) groups is 1. The molecule has 1 unspecified atom stereocenters. The molecule has 3 aliphatic carbocycles. The van der Waals surface area contributed by atoms with E-state index in [0.29, 0.717) is 5.13 Å². The van der Waals surface area contributed by atoms with Gasteiger partial charge in [-0.3, -0.25) is 4.79 Å². The molecule has 0 spiro atoms. The second-order valence-corrected chi connectivity index (χ2v) is 9.79. The number of fused-ring (bicyclic) bond motifs is 2. The summed E-state index contributed by atoms with van der Waals surface area (Å²) < 4.78 is 1.11. The number of nitrogens with one attached hydrogen (secondary N) is 1. The Kier molecular flexibility index (Phi) is 3.72. The van der Waals surface area contributed by atoms with Crippen molar-refractivity contribution >= 4 is 32.6 Å². The van der Waals surface area contributed by atoms with Gasteiger partial charge in [0.05, 0.1) is 15.6 Å². The molecule has 0 saturated carbocycles. The van der Waals surface area contributed by atoms with Crippen LogP contribution < -0.4 is 5.32 Å². The molecular weight excluding hydrogens is 388 g/mol. The van der Waals surface area contributed by atoms with Crippen molar-refractivity contribution < 1.29 is 4.79 Å². The number of anilines is 1. The second kappa shape index (κ2) is 6.26. The molecule has 3 aliphatic rings. The normalized spacial score (nSPS) is 23.8. The van der Waals surface area contributed by atoms with Gasteiger partial charge in [0.1, 0.15) is 0 Å². The lowest BCUT2D eigenvalue weighted by Gasteiger charge is -2.50. The highest BCUT2D eigenvalue weighted by molar-refractivity contribution is 7.22. The summed E-state index contributed by atoms with van der Waals surface area (Å²) in [6.07, 6.45) is 0.821. The average Bonchev–Trinajstić information content (AvgIpc) is 3.18. The molecule has 7 rings (SSSR count). The first-order valence-corrected chi connectivity index (χ1v) is 11.2. The number of hydrogen-bond donors (Lipinski definition) is 1. The molecule has 1 amide bonds. The molecule has 1 atom stereocenters. The van der Waals surface area contributed by atoms with Crippen molar-refractivity contribution in [3.63, 3.8) is 0 Å². The van der Waals surface area contributed by atoms with E-state index in [1.807, 2.05) is 6.07 Å². The Balaban J connectivity index is 1.43. The van der Waals surface area contributed by atoms with Crippen molar-refractivity contribution in [3.8, 4) is 0 Å². The number of thiazole rings is 1. The number of aryl methyl sites for hydroxylation is 1. The van der Waals surface area contributed by atoms with E-state index < -0.39 is 5.41 Å². The molecule has 4 heteroatoms. The van der Waals surface area contributed by atoms with Gasteiger partial charge < -0.3 is 5.32 Å². The van der Waals surface area contributed by atoms with Crippen molar-refractivity contribution in [3.05, 3.63) is 94.5 Å². The Morgan fingerprint density at radius 1 is 0.967 bits per heavy atom. The molecule has 1 aromatic heterocycles. The minimum Gasteiger partial charge on any atom is -0.301 e. The van der Waals surface area contributed by atoms with Crippen LogP contribution in [-0.4, -0.2) is 10.9 Å². The molecule has 3 aromatic carbocycles. The lowest BCUT2D eigenvalue weighted by molar-refractivity contribution is -0.126. The number of aromatic nitrogens is 1. The fourth-order valence-corrected chi connectivity index (χ4v) is 6.51. The van der Waals surface area contributed by atoms with E-state index in [2.05, 4.69) is 79.8 Å². The van der Waals surface area contributed by atoms with E-state index in [-0.39, 0.29) is 17.7 Å². The summed E-state index contributed by atoms with van der Waals surface area (Å²) in [6.45, 7) is 4.19. The fourth-order valence-electron chi connectivity index (χ4n) is 5.57. The van der Waals surface area contributed by atoms with Crippen molar-refractivity contribution in [2.24, 2.45) is 5.41 Å². The van der Waals surface area contributed by atoms with Crippen LogP contribution in [0.1, 0.15) is 53.0 Å². The molecule has 0 aliphatic heterocycles. The van der Waals surface area contributed by atoms with Gasteiger partial charge in [-0.1, -0.05) is 72.0 Å².